The number of alkyl halides is 1. The van der Waals surface area contributed by atoms with Gasteiger partial charge in [0.1, 0.15) is 0 Å². The highest BCUT2D eigenvalue weighted by Crippen LogP contribution is 2.40. The van der Waals surface area contributed by atoms with Crippen LogP contribution in [0.1, 0.15) is 0 Å². The molecule has 0 radical (unpaired) electrons. The van der Waals surface area contributed by atoms with Crippen molar-refractivity contribution in [2.75, 3.05) is 0 Å². The molecule has 12 heavy (non-hydrogen) atoms. The second kappa shape index (κ2) is 3.94. The van der Waals surface area contributed by atoms with Crippen molar-refractivity contribution in [3.8, 4) is 0 Å². The number of hydrogen-bond donors (Lipinski definition) is 1. The van der Waals surface area contributed by atoms with E-state index in [1.54, 1.807) is 0 Å². The Morgan fingerprint density at radius 2 is 1.67 bits per heavy atom. The van der Waals surface area contributed by atoms with Crippen molar-refractivity contribution in [3.05, 3.63) is 19.2 Å². The highest BCUT2D eigenvalue weighted by molar-refractivity contribution is 9.16. The summed E-state index contributed by atoms with van der Waals surface area (Å²) in [7, 11) is 0. The topological polar surface area (TPSA) is 37.3 Å². The zero-order valence-electron chi connectivity index (χ0n) is 5.44. The number of rotatable bonds is 0. The van der Waals surface area contributed by atoms with Gasteiger partial charge < -0.3 is 5.11 Å². The highest BCUT2D eigenvalue weighted by Gasteiger charge is 2.30. The zero-order chi connectivity index (χ0) is 9.46. The molecular weight excluding hydrogens is 424 g/mol. The lowest BCUT2D eigenvalue weighted by molar-refractivity contribution is -0.114. The Morgan fingerprint density at radius 3 is 2.17 bits per heavy atom. The number of ketones is 1. The third kappa shape index (κ3) is 1.71. The largest absolute Gasteiger partial charge is 0.504 e. The Hall–Kier alpha value is 0.870. The minimum atomic E-state index is -0.426. The van der Waals surface area contributed by atoms with Crippen LogP contribution in [-0.2, 0) is 4.79 Å². The summed E-state index contributed by atoms with van der Waals surface area (Å²) in [5.74, 6) is -0.698. The van der Waals surface area contributed by atoms with Crippen LogP contribution in [0.25, 0.3) is 0 Å². The van der Waals surface area contributed by atoms with Gasteiger partial charge in [-0.15, -0.1) is 0 Å². The summed E-state index contributed by atoms with van der Waals surface area (Å²) in [6.07, 6.45) is 0. The van der Waals surface area contributed by atoms with E-state index in [1.165, 1.54) is 0 Å². The lowest BCUT2D eigenvalue weighted by atomic mass is 10.1. The van der Waals surface area contributed by atoms with Crippen molar-refractivity contribution in [3.63, 3.8) is 0 Å². The average Bonchev–Trinajstić information content (AvgIpc) is 2.08. The van der Waals surface area contributed by atoms with Gasteiger partial charge in [0.15, 0.2) is 5.76 Å². The smallest absolute Gasteiger partial charge is 0.235 e. The summed E-state index contributed by atoms with van der Waals surface area (Å²) in [6.45, 7) is 0. The molecule has 1 unspecified atom stereocenters. The summed E-state index contributed by atoms with van der Waals surface area (Å²) in [6, 6.07) is 0. The molecule has 6 heteroatoms. The third-order valence-electron chi connectivity index (χ3n) is 1.30. The molecule has 1 aliphatic rings. The Morgan fingerprint density at radius 1 is 1.17 bits per heavy atom. The van der Waals surface area contributed by atoms with Gasteiger partial charge in [-0.25, -0.2) is 0 Å². The molecule has 0 spiro atoms. The van der Waals surface area contributed by atoms with E-state index in [4.69, 9.17) is 0 Å². The van der Waals surface area contributed by atoms with Crippen molar-refractivity contribution < 1.29 is 9.90 Å². The van der Waals surface area contributed by atoms with Crippen LogP contribution in [0.3, 0.4) is 0 Å². The van der Waals surface area contributed by atoms with Crippen LogP contribution in [0, 0.1) is 0 Å². The number of halogens is 4. The Bertz CT molecular complexity index is 277. The first-order chi connectivity index (χ1) is 5.46. The first kappa shape index (κ1) is 10.9. The maximum absolute atomic E-state index is 11.2. The van der Waals surface area contributed by atoms with Crippen molar-refractivity contribution in [1.82, 2.24) is 0 Å². The molecule has 0 heterocycles. The van der Waals surface area contributed by atoms with Gasteiger partial charge in [-0.1, -0.05) is 31.9 Å². The van der Waals surface area contributed by atoms with Gasteiger partial charge in [-0.2, -0.15) is 0 Å². The lowest BCUT2D eigenvalue weighted by Crippen LogP contribution is -2.16. The normalized spacial score (nSPS) is 25.3. The van der Waals surface area contributed by atoms with Crippen molar-refractivity contribution in [2.24, 2.45) is 0 Å². The van der Waals surface area contributed by atoms with E-state index in [1.807, 2.05) is 0 Å². The molecule has 0 amide bonds. The maximum atomic E-state index is 11.2. The molecular formula is C6H2Br4O2. The summed E-state index contributed by atoms with van der Waals surface area (Å²) in [4.78, 5) is 11.0. The van der Waals surface area contributed by atoms with Crippen LogP contribution in [0.4, 0.5) is 0 Å². The van der Waals surface area contributed by atoms with Crippen molar-refractivity contribution >= 4 is 69.5 Å². The van der Waals surface area contributed by atoms with Gasteiger partial charge >= 0.3 is 0 Å². The van der Waals surface area contributed by atoms with E-state index in [9.17, 15) is 9.90 Å². The summed E-state index contributed by atoms with van der Waals surface area (Å²) >= 11 is 12.7. The standard InChI is InChI=1S/C6H2Br4O2/c7-1-2(8)4(10)6(12)5(11)3(1)9/h1,11H. The Labute approximate surface area is 103 Å². The quantitative estimate of drug-likeness (QED) is 0.603. The van der Waals surface area contributed by atoms with Crippen LogP contribution in [0.2, 0.25) is 0 Å². The van der Waals surface area contributed by atoms with E-state index < -0.39 is 5.78 Å². The molecule has 0 saturated carbocycles. The predicted molar refractivity (Wildman–Crippen MR) is 61.2 cm³/mol. The first-order valence-corrected chi connectivity index (χ1v) is 6.08. The average molecular weight is 426 g/mol. The fourth-order valence-corrected chi connectivity index (χ4v) is 2.96. The molecule has 2 nitrogen and oxygen atoms in total. The molecule has 0 aromatic rings. The number of carbonyl (C=O) groups is 1. The van der Waals surface area contributed by atoms with E-state index in [2.05, 4.69) is 63.7 Å². The fourth-order valence-electron chi connectivity index (χ4n) is 0.663. The molecule has 1 aliphatic carbocycles. The molecule has 0 bridgehead atoms. The van der Waals surface area contributed by atoms with Crippen LogP contribution in [0.5, 0.6) is 0 Å². The van der Waals surface area contributed by atoms with Crippen LogP contribution < -0.4 is 0 Å². The SMILES string of the molecule is O=C1C(O)=C(Br)C(Br)C(Br)=C1Br. The molecule has 0 aliphatic heterocycles. The number of allylic oxidation sites excluding steroid dienone is 3. The molecule has 0 saturated heterocycles. The minimum absolute atomic E-state index is 0.204. The minimum Gasteiger partial charge on any atom is -0.504 e. The van der Waals surface area contributed by atoms with Crippen LogP contribution in [0.15, 0.2) is 19.2 Å². The second-order valence-corrected chi connectivity index (χ2v) is 5.47. The van der Waals surface area contributed by atoms with E-state index in [0.717, 1.165) is 0 Å². The number of aliphatic hydroxyl groups excluding tert-OH is 1. The van der Waals surface area contributed by atoms with Crippen LogP contribution in [-0.4, -0.2) is 15.7 Å². The van der Waals surface area contributed by atoms with Gasteiger partial charge in [0.05, 0.1) is 13.8 Å². The molecule has 1 atom stereocenters. The van der Waals surface area contributed by atoms with E-state index in [0.29, 0.717) is 13.4 Å². The second-order valence-electron chi connectivity index (χ2n) is 2.05. The fraction of sp³-hybridized carbons (Fsp3) is 0.167. The van der Waals surface area contributed by atoms with Crippen molar-refractivity contribution in [1.29, 1.82) is 0 Å². The summed E-state index contributed by atoms with van der Waals surface area (Å²) < 4.78 is 1.44. The number of aliphatic hydroxyl groups is 1. The van der Waals surface area contributed by atoms with Gasteiger partial charge in [-0.05, 0) is 31.9 Å². The molecule has 66 valence electrons. The Kier molecular flexibility index (Phi) is 3.59. The number of carbonyl (C=O) groups excluding carboxylic acids is 1. The van der Waals surface area contributed by atoms with Gasteiger partial charge in [0.2, 0.25) is 5.78 Å². The third-order valence-corrected chi connectivity index (χ3v) is 6.45. The first-order valence-electron chi connectivity index (χ1n) is 2.79. The molecule has 0 fully saturated rings. The van der Waals surface area contributed by atoms with Gasteiger partial charge in [0.25, 0.3) is 0 Å². The van der Waals surface area contributed by atoms with Crippen molar-refractivity contribution in [2.45, 2.75) is 4.83 Å². The Balaban J connectivity index is 3.22. The predicted octanol–water partition coefficient (Wildman–Crippen LogP) is 3.50. The maximum Gasteiger partial charge on any atom is 0.235 e. The number of Topliss-reactive ketones (excluding diaryl/α,β-unsaturated/α-hetero) is 1. The van der Waals surface area contributed by atoms with Gasteiger partial charge in [-0.3, -0.25) is 4.79 Å². The molecule has 0 aromatic carbocycles. The van der Waals surface area contributed by atoms with Crippen LogP contribution >= 0.6 is 63.7 Å². The highest BCUT2D eigenvalue weighted by atomic mass is 79.9. The molecule has 1 N–H and O–H groups in total. The van der Waals surface area contributed by atoms with E-state index >= 15 is 0 Å². The van der Waals surface area contributed by atoms with Gasteiger partial charge in [0, 0.05) is 4.48 Å². The number of hydrogen-bond acceptors (Lipinski definition) is 2. The summed E-state index contributed by atoms with van der Waals surface area (Å²) in [5, 5.41) is 9.27. The summed E-state index contributed by atoms with van der Waals surface area (Å²) in [5.41, 5.74) is 0. The lowest BCUT2D eigenvalue weighted by Gasteiger charge is -2.16. The molecule has 1 rings (SSSR count). The van der Waals surface area contributed by atoms with E-state index in [-0.39, 0.29) is 10.6 Å². The monoisotopic (exact) mass is 422 g/mol. The zero-order valence-corrected chi connectivity index (χ0v) is 11.8. The molecule has 0 aromatic heterocycles.